The fraction of sp³-hybridized carbons (Fsp3) is 0.857. The van der Waals surface area contributed by atoms with Crippen LogP contribution in [0.5, 0.6) is 0 Å². The number of likely N-dealkylation sites (N-methyl/N-ethyl adjacent to an activating group) is 2. The first-order chi connectivity index (χ1) is 4.74. The molecule has 1 unspecified atom stereocenters. The van der Waals surface area contributed by atoms with E-state index < -0.39 is 0 Å². The minimum absolute atomic E-state index is 0.0961. The molecule has 1 aliphatic rings. The summed E-state index contributed by atoms with van der Waals surface area (Å²) in [7, 11) is 4.05. The molecule has 1 heterocycles. The van der Waals surface area contributed by atoms with Gasteiger partial charge in [-0.2, -0.15) is 5.26 Å². The molecule has 1 saturated heterocycles. The van der Waals surface area contributed by atoms with Crippen molar-refractivity contribution in [2.45, 2.75) is 6.04 Å². The number of hydrogen-bond acceptors (Lipinski definition) is 3. The maximum Gasteiger partial charge on any atom is 0.110 e. The Morgan fingerprint density at radius 1 is 1.40 bits per heavy atom. The third-order valence-electron chi connectivity index (χ3n) is 2.00. The lowest BCUT2D eigenvalue weighted by atomic mass is 10.2. The van der Waals surface area contributed by atoms with Crippen LogP contribution in [0.25, 0.3) is 0 Å². The number of hydrogen-bond donors (Lipinski definition) is 0. The van der Waals surface area contributed by atoms with Gasteiger partial charge in [-0.15, -0.1) is 0 Å². The topological polar surface area (TPSA) is 30.3 Å². The van der Waals surface area contributed by atoms with Crippen LogP contribution in [0.15, 0.2) is 0 Å². The Bertz CT molecular complexity index is 149. The molecule has 0 N–H and O–H groups in total. The molecule has 0 aromatic rings. The Morgan fingerprint density at radius 2 is 2.10 bits per heavy atom. The maximum absolute atomic E-state index is 8.66. The van der Waals surface area contributed by atoms with E-state index in [2.05, 4.69) is 22.9 Å². The third kappa shape index (κ3) is 1.47. The molecule has 0 radical (unpaired) electrons. The zero-order chi connectivity index (χ0) is 7.56. The van der Waals surface area contributed by atoms with E-state index >= 15 is 0 Å². The summed E-state index contributed by atoms with van der Waals surface area (Å²) in [6, 6.07) is 2.36. The van der Waals surface area contributed by atoms with Crippen molar-refractivity contribution in [1.82, 2.24) is 9.80 Å². The van der Waals surface area contributed by atoms with Crippen molar-refractivity contribution in [1.29, 1.82) is 5.26 Å². The van der Waals surface area contributed by atoms with E-state index in [0.29, 0.717) is 0 Å². The van der Waals surface area contributed by atoms with Crippen LogP contribution in [0.1, 0.15) is 0 Å². The fourth-order valence-electron chi connectivity index (χ4n) is 1.15. The predicted molar refractivity (Wildman–Crippen MR) is 39.5 cm³/mol. The van der Waals surface area contributed by atoms with Crippen LogP contribution in [0.2, 0.25) is 0 Å². The predicted octanol–water partition coefficient (Wildman–Crippen LogP) is -0.244. The van der Waals surface area contributed by atoms with E-state index in [-0.39, 0.29) is 6.04 Å². The molecule has 1 fully saturated rings. The summed E-state index contributed by atoms with van der Waals surface area (Å²) in [5, 5.41) is 8.66. The van der Waals surface area contributed by atoms with E-state index in [1.807, 2.05) is 7.05 Å². The van der Waals surface area contributed by atoms with Gasteiger partial charge in [0.15, 0.2) is 0 Å². The highest BCUT2D eigenvalue weighted by molar-refractivity contribution is 4.95. The summed E-state index contributed by atoms with van der Waals surface area (Å²) < 4.78 is 0. The minimum atomic E-state index is 0.0961. The second-order valence-corrected chi connectivity index (χ2v) is 2.89. The van der Waals surface area contributed by atoms with Gasteiger partial charge in [-0.05, 0) is 14.1 Å². The molecule has 0 bridgehead atoms. The number of piperazine rings is 1. The molecule has 10 heavy (non-hydrogen) atoms. The molecular formula is C7H13N3. The average molecular weight is 139 g/mol. The Labute approximate surface area is 61.8 Å². The monoisotopic (exact) mass is 139 g/mol. The second kappa shape index (κ2) is 3.00. The highest BCUT2D eigenvalue weighted by Gasteiger charge is 2.20. The molecule has 3 nitrogen and oxygen atoms in total. The largest absolute Gasteiger partial charge is 0.302 e. The van der Waals surface area contributed by atoms with Gasteiger partial charge in [0.05, 0.1) is 6.07 Å². The molecule has 1 atom stereocenters. The molecular weight excluding hydrogens is 126 g/mol. The molecule has 0 aliphatic carbocycles. The molecule has 0 aromatic heterocycles. The molecule has 0 saturated carbocycles. The van der Waals surface area contributed by atoms with E-state index in [1.54, 1.807) is 0 Å². The van der Waals surface area contributed by atoms with Crippen molar-refractivity contribution < 1.29 is 0 Å². The third-order valence-corrected chi connectivity index (χ3v) is 2.00. The lowest BCUT2D eigenvalue weighted by Crippen LogP contribution is -2.49. The van der Waals surface area contributed by atoms with Crippen molar-refractivity contribution in [3.8, 4) is 6.07 Å². The van der Waals surface area contributed by atoms with Gasteiger partial charge in [0.25, 0.3) is 0 Å². The van der Waals surface area contributed by atoms with Crippen molar-refractivity contribution in [3.63, 3.8) is 0 Å². The van der Waals surface area contributed by atoms with Gasteiger partial charge >= 0.3 is 0 Å². The van der Waals surface area contributed by atoms with Gasteiger partial charge in [-0.25, -0.2) is 0 Å². The Balaban J connectivity index is 2.47. The van der Waals surface area contributed by atoms with Crippen LogP contribution < -0.4 is 0 Å². The Kier molecular flexibility index (Phi) is 2.25. The summed E-state index contributed by atoms with van der Waals surface area (Å²) in [5.41, 5.74) is 0. The van der Waals surface area contributed by atoms with Crippen molar-refractivity contribution in [2.24, 2.45) is 0 Å². The zero-order valence-electron chi connectivity index (χ0n) is 6.54. The smallest absolute Gasteiger partial charge is 0.110 e. The molecule has 1 rings (SSSR count). The summed E-state index contributed by atoms with van der Waals surface area (Å²) in [6.07, 6.45) is 0. The normalized spacial score (nSPS) is 29.9. The Hall–Kier alpha value is -0.590. The van der Waals surface area contributed by atoms with Gasteiger partial charge in [0.2, 0.25) is 0 Å². The van der Waals surface area contributed by atoms with Crippen molar-refractivity contribution in [2.75, 3.05) is 33.7 Å². The van der Waals surface area contributed by atoms with Crippen LogP contribution in [-0.2, 0) is 0 Å². The summed E-state index contributed by atoms with van der Waals surface area (Å²) in [6.45, 7) is 2.97. The van der Waals surface area contributed by atoms with E-state index in [0.717, 1.165) is 19.6 Å². The van der Waals surface area contributed by atoms with Crippen LogP contribution in [0, 0.1) is 11.3 Å². The number of rotatable bonds is 0. The quantitative estimate of drug-likeness (QED) is 0.464. The van der Waals surface area contributed by atoms with E-state index in [4.69, 9.17) is 5.26 Å². The van der Waals surface area contributed by atoms with Gasteiger partial charge in [0, 0.05) is 19.6 Å². The van der Waals surface area contributed by atoms with Gasteiger partial charge in [0.1, 0.15) is 6.04 Å². The maximum atomic E-state index is 8.66. The van der Waals surface area contributed by atoms with Crippen LogP contribution in [0.3, 0.4) is 0 Å². The van der Waals surface area contributed by atoms with E-state index in [9.17, 15) is 0 Å². The summed E-state index contributed by atoms with van der Waals surface area (Å²) >= 11 is 0. The summed E-state index contributed by atoms with van der Waals surface area (Å²) in [4.78, 5) is 4.29. The van der Waals surface area contributed by atoms with Gasteiger partial charge < -0.3 is 4.90 Å². The SMILES string of the molecule is CN1CCN(C)C(C#N)C1. The highest BCUT2D eigenvalue weighted by atomic mass is 15.3. The molecule has 1 aliphatic heterocycles. The van der Waals surface area contributed by atoms with Gasteiger partial charge in [-0.3, -0.25) is 4.90 Å². The summed E-state index contributed by atoms with van der Waals surface area (Å²) in [5.74, 6) is 0. The lowest BCUT2D eigenvalue weighted by molar-refractivity contribution is 0.145. The van der Waals surface area contributed by atoms with Crippen LogP contribution in [0.4, 0.5) is 0 Å². The van der Waals surface area contributed by atoms with Crippen molar-refractivity contribution >= 4 is 0 Å². The first-order valence-corrected chi connectivity index (χ1v) is 3.52. The molecule has 0 aromatic carbocycles. The molecule has 3 heteroatoms. The number of nitriles is 1. The second-order valence-electron chi connectivity index (χ2n) is 2.89. The van der Waals surface area contributed by atoms with Crippen molar-refractivity contribution in [3.05, 3.63) is 0 Å². The van der Waals surface area contributed by atoms with Gasteiger partial charge in [-0.1, -0.05) is 0 Å². The van der Waals surface area contributed by atoms with Crippen LogP contribution in [-0.4, -0.2) is 49.6 Å². The van der Waals surface area contributed by atoms with E-state index in [1.165, 1.54) is 0 Å². The zero-order valence-corrected chi connectivity index (χ0v) is 6.54. The number of nitrogens with zero attached hydrogens (tertiary/aromatic N) is 3. The first-order valence-electron chi connectivity index (χ1n) is 3.52. The van der Waals surface area contributed by atoms with Crippen LogP contribution >= 0.6 is 0 Å². The fourth-order valence-corrected chi connectivity index (χ4v) is 1.15. The molecule has 0 spiro atoms. The minimum Gasteiger partial charge on any atom is -0.302 e. The molecule has 56 valence electrons. The Morgan fingerprint density at radius 3 is 2.60 bits per heavy atom. The first kappa shape index (κ1) is 7.52. The molecule has 0 amide bonds. The standard InChI is InChI=1S/C7H13N3/c1-9-3-4-10(2)7(5-8)6-9/h7H,3-4,6H2,1-2H3. The lowest BCUT2D eigenvalue weighted by Gasteiger charge is -2.33. The highest BCUT2D eigenvalue weighted by Crippen LogP contribution is 2.03. The average Bonchev–Trinajstić information content (AvgIpc) is 1.94.